The van der Waals surface area contributed by atoms with Gasteiger partial charge in [-0.15, -0.1) is 23.1 Å². The topological polar surface area (TPSA) is 252 Å². The molecular weight excluding hydrogens is 598 g/mol. The van der Waals surface area contributed by atoms with Crippen LogP contribution in [0.25, 0.3) is 0 Å². The van der Waals surface area contributed by atoms with Crippen molar-refractivity contribution < 1.29 is 94.0 Å². The van der Waals surface area contributed by atoms with E-state index >= 15 is 0 Å². The molecule has 198 valence electrons. The number of aromatic nitrogens is 4. The summed E-state index contributed by atoms with van der Waals surface area (Å²) in [6.45, 7) is 0. The number of nitrogens with two attached hydrogens (primary N) is 1. The van der Waals surface area contributed by atoms with E-state index in [2.05, 4.69) is 25.5 Å². The molecular formula is C18H18N8Na2O8S3. The van der Waals surface area contributed by atoms with Crippen LogP contribution in [-0.4, -0.2) is 83.7 Å². The second-order valence-electron chi connectivity index (χ2n) is 7.21. The molecule has 2 aromatic rings. The first-order valence-corrected chi connectivity index (χ1v) is 12.8. The molecule has 0 saturated carbocycles. The zero-order chi connectivity index (χ0) is 26.1. The van der Waals surface area contributed by atoms with Crippen LogP contribution in [0.3, 0.4) is 0 Å². The minimum atomic E-state index is -1.57. The van der Waals surface area contributed by atoms with Gasteiger partial charge in [-0.2, -0.15) is 10.1 Å². The Morgan fingerprint density at radius 2 is 2.03 bits per heavy atom. The molecule has 5 N–H and O–H groups in total. The van der Waals surface area contributed by atoms with Gasteiger partial charge in [-0.25, -0.2) is 9.67 Å². The molecule has 0 aliphatic carbocycles. The second-order valence-corrected chi connectivity index (χ2v) is 10.1. The van der Waals surface area contributed by atoms with Gasteiger partial charge in [0.1, 0.15) is 24.2 Å². The number of fused-ring (bicyclic) bond motifs is 1. The fraction of sp³-hybridized carbons (Fsp3) is 0.333. The Kier molecular flexibility index (Phi) is 13.4. The fourth-order valence-electron chi connectivity index (χ4n) is 3.39. The van der Waals surface area contributed by atoms with Crippen LogP contribution >= 0.6 is 34.9 Å². The average molecular weight is 617 g/mol. The number of rotatable bonds is 8. The van der Waals surface area contributed by atoms with E-state index in [9.17, 15) is 29.4 Å². The predicted molar refractivity (Wildman–Crippen MR) is 128 cm³/mol. The Hall–Kier alpha value is -1.68. The average Bonchev–Trinajstić information content (AvgIpc) is 3.27. The largest absolute Gasteiger partial charge is 1.00 e. The number of nitrogens with one attached hydrogen (secondary N) is 1. The van der Waals surface area contributed by atoms with Crippen LogP contribution in [-0.2, 0) is 26.3 Å². The van der Waals surface area contributed by atoms with Gasteiger partial charge in [-0.1, -0.05) is 16.9 Å². The smallest absolute Gasteiger partial charge is 0.854 e. The van der Waals surface area contributed by atoms with Crippen LogP contribution < -0.4 is 85.9 Å². The number of carbonyl (C=O) groups is 3. The minimum absolute atomic E-state index is 0. The number of anilines is 1. The van der Waals surface area contributed by atoms with E-state index in [0.717, 1.165) is 32.7 Å². The SMILES string of the molecule is CO/N=C(\C(=O)N[C@@H]1C(=O)N2C(C(=O)[O-])=C(CSc3nc(=O)c([O-])nn3C)CS[C@H]12)c1csc(N)n1.O.[Na+].[Na+]. The van der Waals surface area contributed by atoms with Crippen molar-refractivity contribution in [3.63, 3.8) is 0 Å². The molecule has 0 aromatic carbocycles. The quantitative estimate of drug-likeness (QED) is 0.0920. The number of aliphatic carboxylic acids is 1. The Morgan fingerprint density at radius 3 is 2.62 bits per heavy atom. The summed E-state index contributed by atoms with van der Waals surface area (Å²) in [7, 11) is 2.66. The summed E-state index contributed by atoms with van der Waals surface area (Å²) in [4.78, 5) is 62.5. The molecule has 2 aliphatic rings. The molecule has 4 rings (SSSR count). The van der Waals surface area contributed by atoms with Gasteiger partial charge in [0.05, 0.1) is 17.5 Å². The summed E-state index contributed by atoms with van der Waals surface area (Å²) in [5.41, 5.74) is 4.57. The minimum Gasteiger partial charge on any atom is -0.854 e. The second kappa shape index (κ2) is 14.8. The number of carbonyl (C=O) groups excluding carboxylic acids is 3. The normalized spacial score (nSPS) is 18.1. The summed E-state index contributed by atoms with van der Waals surface area (Å²) in [5, 5.41) is 34.1. The number of amides is 2. The van der Waals surface area contributed by atoms with Crippen molar-refractivity contribution in [1.29, 1.82) is 0 Å². The number of nitrogen functional groups attached to an aromatic ring is 1. The van der Waals surface area contributed by atoms with Crippen LogP contribution in [0.1, 0.15) is 5.69 Å². The number of oxime groups is 1. The Morgan fingerprint density at radius 1 is 1.33 bits per heavy atom. The number of hydrogen-bond donors (Lipinski definition) is 2. The van der Waals surface area contributed by atoms with Gasteiger partial charge in [0.15, 0.2) is 16.0 Å². The number of nitrogens with zero attached hydrogens (tertiary/aromatic N) is 6. The van der Waals surface area contributed by atoms with E-state index in [4.69, 9.17) is 10.6 Å². The molecule has 0 bridgehead atoms. The molecule has 39 heavy (non-hydrogen) atoms. The molecule has 0 radical (unpaired) electrons. The Balaban J connectivity index is 0.00000253. The van der Waals surface area contributed by atoms with Crippen molar-refractivity contribution in [2.45, 2.75) is 16.6 Å². The van der Waals surface area contributed by atoms with Crippen molar-refractivity contribution >= 4 is 63.5 Å². The van der Waals surface area contributed by atoms with E-state index in [1.807, 2.05) is 0 Å². The maximum Gasteiger partial charge on any atom is 1.00 e. The van der Waals surface area contributed by atoms with E-state index in [1.165, 1.54) is 31.3 Å². The third-order valence-corrected chi connectivity index (χ3v) is 8.08. The van der Waals surface area contributed by atoms with Crippen molar-refractivity contribution in [2.75, 3.05) is 24.3 Å². The summed E-state index contributed by atoms with van der Waals surface area (Å²) < 4.78 is 1.11. The maximum absolute atomic E-state index is 12.9. The molecule has 2 atom stereocenters. The Bertz CT molecular complexity index is 1380. The molecule has 1 saturated heterocycles. The number of carboxylic acids is 1. The molecule has 21 heteroatoms. The van der Waals surface area contributed by atoms with Gasteiger partial charge in [0, 0.05) is 23.9 Å². The van der Waals surface area contributed by atoms with Crippen molar-refractivity contribution in [1.82, 2.24) is 30.0 Å². The van der Waals surface area contributed by atoms with E-state index in [1.54, 1.807) is 0 Å². The standard InChI is InChI=1S/C18H18N8O7S3.2Na.H2O/c1-25-18(22-12(28)13(29)23-25)36-4-6-3-34-15-9(14(30)26(15)10(6)16(31)32)21-11(27)8(24-33-2)7-5-35-17(19)20-7;;;/h5,9,15H,3-4H2,1-2H3,(H2,19,20)(H,21,27)(H,23,29)(H,31,32);;;1H2/q;2*+1;/p-2/b24-8-;;;/t9-,15-;;;/m1.../s1. The van der Waals surface area contributed by atoms with Crippen LogP contribution in [0.2, 0.25) is 0 Å². The molecule has 2 aromatic heterocycles. The van der Waals surface area contributed by atoms with Gasteiger partial charge in [0.25, 0.3) is 17.4 Å². The van der Waals surface area contributed by atoms with E-state index in [-0.39, 0.29) is 103 Å². The van der Waals surface area contributed by atoms with Crippen LogP contribution in [0, 0.1) is 0 Å². The van der Waals surface area contributed by atoms with Crippen molar-refractivity contribution in [2.24, 2.45) is 12.2 Å². The number of carboxylic acid groups (broad SMARTS) is 1. The maximum atomic E-state index is 12.9. The van der Waals surface area contributed by atoms with Gasteiger partial charge in [-0.05, 0) is 5.57 Å². The van der Waals surface area contributed by atoms with Crippen LogP contribution in [0.4, 0.5) is 5.13 Å². The molecule has 2 amide bonds. The molecule has 0 spiro atoms. The van der Waals surface area contributed by atoms with Gasteiger partial charge in [0.2, 0.25) is 0 Å². The zero-order valence-corrected chi connectivity index (χ0v) is 27.4. The number of thioether (sulfide) groups is 2. The molecule has 16 nitrogen and oxygen atoms in total. The first kappa shape index (κ1) is 35.3. The van der Waals surface area contributed by atoms with Gasteiger partial charge >= 0.3 is 59.1 Å². The van der Waals surface area contributed by atoms with E-state index < -0.39 is 40.6 Å². The van der Waals surface area contributed by atoms with Crippen LogP contribution in [0.5, 0.6) is 5.88 Å². The number of hydrogen-bond acceptors (Lipinski definition) is 15. The molecule has 4 heterocycles. The number of β-lactam (4-membered cyclic amide) rings is 1. The monoisotopic (exact) mass is 616 g/mol. The van der Waals surface area contributed by atoms with Gasteiger partial charge in [-0.3, -0.25) is 19.3 Å². The van der Waals surface area contributed by atoms with E-state index in [0.29, 0.717) is 5.57 Å². The third kappa shape index (κ3) is 7.34. The van der Waals surface area contributed by atoms with Gasteiger partial charge < -0.3 is 36.4 Å². The fourth-order valence-corrected chi connectivity index (χ4v) is 6.33. The first-order chi connectivity index (χ1) is 17.1. The van der Waals surface area contributed by atoms with Crippen molar-refractivity contribution in [3.05, 3.63) is 32.7 Å². The van der Waals surface area contributed by atoms with Crippen LogP contribution in [0.15, 0.2) is 31.8 Å². The summed E-state index contributed by atoms with van der Waals surface area (Å²) >= 11 is 3.31. The van der Waals surface area contributed by atoms with Crippen molar-refractivity contribution in [3.8, 4) is 5.88 Å². The predicted octanol–water partition coefficient (Wildman–Crippen LogP) is -9.98. The zero-order valence-electron chi connectivity index (χ0n) is 21.0. The summed E-state index contributed by atoms with van der Waals surface area (Å²) in [5.74, 6) is -3.74. The summed E-state index contributed by atoms with van der Waals surface area (Å²) in [6.07, 6.45) is 0. The number of thiazole rings is 1. The third-order valence-electron chi connectivity index (χ3n) is 4.96. The first-order valence-electron chi connectivity index (χ1n) is 9.89. The molecule has 1 fully saturated rings. The summed E-state index contributed by atoms with van der Waals surface area (Å²) in [6, 6.07) is -1.03. The Labute approximate surface area is 276 Å². The number of aryl methyl sites for hydroxylation is 1. The molecule has 2 aliphatic heterocycles. The molecule has 0 unspecified atom stereocenters.